The maximum atomic E-state index is 4.11. The van der Waals surface area contributed by atoms with Crippen LogP contribution in [0.5, 0.6) is 0 Å². The number of hydrogen-bond acceptors (Lipinski definition) is 2. The van der Waals surface area contributed by atoms with E-state index in [4.69, 9.17) is 0 Å². The lowest BCUT2D eigenvalue weighted by molar-refractivity contribution is 1.55. The van der Waals surface area contributed by atoms with E-state index in [1.54, 1.807) is 6.34 Å². The van der Waals surface area contributed by atoms with E-state index in [0.717, 1.165) is 11.0 Å². The molecule has 0 bridgehead atoms. The van der Waals surface area contributed by atoms with E-state index in [2.05, 4.69) is 32.3 Å². The van der Waals surface area contributed by atoms with E-state index in [1.165, 1.54) is 11.1 Å². The van der Waals surface area contributed by atoms with Gasteiger partial charge in [0.1, 0.15) is 0 Å². The molecule has 0 unspecified atom stereocenters. The number of hydrogen-bond donors (Lipinski definition) is 1. The van der Waals surface area contributed by atoms with Gasteiger partial charge in [-0.1, -0.05) is 34.1 Å². The van der Waals surface area contributed by atoms with E-state index in [0.29, 0.717) is 0 Å². The van der Waals surface area contributed by atoms with Crippen LogP contribution >= 0.6 is 15.9 Å². The van der Waals surface area contributed by atoms with Crippen LogP contribution in [0.15, 0.2) is 35.5 Å². The van der Waals surface area contributed by atoms with Gasteiger partial charge in [0.25, 0.3) is 0 Å². The first-order valence-electron chi connectivity index (χ1n) is 4.04. The molecule has 13 heavy (non-hydrogen) atoms. The number of nitrogens with one attached hydrogen (secondary N) is 1. The number of halogens is 1. The summed E-state index contributed by atoms with van der Waals surface area (Å²) in [6.45, 7) is 0. The molecule has 0 aromatic heterocycles. The van der Waals surface area contributed by atoms with Gasteiger partial charge in [-0.2, -0.15) is 0 Å². The van der Waals surface area contributed by atoms with Gasteiger partial charge in [-0.3, -0.25) is 0 Å². The molecule has 1 aromatic rings. The number of fused-ring (bicyclic) bond motifs is 1. The summed E-state index contributed by atoms with van der Waals surface area (Å²) in [4.78, 5) is 4.11. The molecular formula is C10H9BrN2. The number of alkyl halides is 1. The molecule has 2 nitrogen and oxygen atoms in total. The highest BCUT2D eigenvalue weighted by atomic mass is 79.9. The zero-order valence-electron chi connectivity index (χ0n) is 7.00. The summed E-state index contributed by atoms with van der Waals surface area (Å²) in [6.07, 6.45) is 3.57. The first-order chi connectivity index (χ1) is 6.42. The van der Waals surface area contributed by atoms with Gasteiger partial charge in [-0.05, 0) is 11.6 Å². The number of nitrogens with zero attached hydrogens (tertiary/aromatic N) is 1. The second-order valence-electron chi connectivity index (χ2n) is 2.76. The van der Waals surface area contributed by atoms with Crippen molar-refractivity contribution in [2.75, 3.05) is 10.6 Å². The molecule has 1 heterocycles. The van der Waals surface area contributed by atoms with E-state index < -0.39 is 0 Å². The Morgan fingerprint density at radius 3 is 3.00 bits per heavy atom. The van der Waals surface area contributed by atoms with Crippen molar-refractivity contribution in [3.05, 3.63) is 36.0 Å². The average molecular weight is 237 g/mol. The van der Waals surface area contributed by atoms with Crippen LogP contribution in [-0.2, 0) is 0 Å². The lowest BCUT2D eigenvalue weighted by Gasteiger charge is -2.07. The fraction of sp³-hybridized carbons (Fsp3) is 0.100. The highest BCUT2D eigenvalue weighted by Crippen LogP contribution is 2.26. The highest BCUT2D eigenvalue weighted by Gasteiger charge is 2.06. The average Bonchev–Trinajstić information content (AvgIpc) is 2.39. The van der Waals surface area contributed by atoms with Gasteiger partial charge in [0.05, 0.1) is 6.34 Å². The fourth-order valence-corrected chi connectivity index (χ4v) is 1.75. The van der Waals surface area contributed by atoms with Crippen molar-refractivity contribution in [2.45, 2.75) is 0 Å². The molecule has 0 saturated heterocycles. The molecule has 0 fully saturated rings. The third kappa shape index (κ3) is 1.65. The van der Waals surface area contributed by atoms with Crippen molar-refractivity contribution in [3.8, 4) is 0 Å². The number of para-hydroxylation sites is 1. The Bertz CT molecular complexity index is 369. The van der Waals surface area contributed by atoms with E-state index in [1.807, 2.05) is 24.4 Å². The van der Waals surface area contributed by atoms with Crippen molar-refractivity contribution in [1.29, 1.82) is 0 Å². The van der Waals surface area contributed by atoms with Gasteiger partial charge < -0.3 is 5.32 Å². The lowest BCUT2D eigenvalue weighted by Crippen LogP contribution is -1.96. The lowest BCUT2D eigenvalue weighted by atomic mass is 10.1. The first-order valence-corrected chi connectivity index (χ1v) is 5.16. The Morgan fingerprint density at radius 2 is 2.15 bits per heavy atom. The molecule has 0 radical (unpaired) electrons. The quantitative estimate of drug-likeness (QED) is 0.746. The summed E-state index contributed by atoms with van der Waals surface area (Å²) < 4.78 is 0. The van der Waals surface area contributed by atoms with Crippen LogP contribution < -0.4 is 5.32 Å². The Hall–Kier alpha value is -1.09. The van der Waals surface area contributed by atoms with Gasteiger partial charge >= 0.3 is 0 Å². The summed E-state index contributed by atoms with van der Waals surface area (Å²) in [5.41, 5.74) is 3.50. The minimum atomic E-state index is 0.822. The predicted octanol–water partition coefficient (Wildman–Crippen LogP) is 2.88. The Kier molecular flexibility index (Phi) is 2.45. The molecule has 0 amide bonds. The van der Waals surface area contributed by atoms with Crippen LogP contribution in [0.4, 0.5) is 5.69 Å². The zero-order chi connectivity index (χ0) is 9.10. The van der Waals surface area contributed by atoms with Crippen molar-refractivity contribution >= 4 is 33.5 Å². The minimum Gasteiger partial charge on any atom is -0.346 e. The summed E-state index contributed by atoms with van der Waals surface area (Å²) in [7, 11) is 0. The van der Waals surface area contributed by atoms with Crippen molar-refractivity contribution in [2.24, 2.45) is 4.99 Å². The summed E-state index contributed by atoms with van der Waals surface area (Å²) in [5.74, 6) is 0. The molecule has 1 N–H and O–H groups in total. The Labute approximate surface area is 85.5 Å². The number of allylic oxidation sites excluding steroid dienone is 1. The van der Waals surface area contributed by atoms with Crippen LogP contribution in [-0.4, -0.2) is 11.7 Å². The summed E-state index contributed by atoms with van der Waals surface area (Å²) in [5, 5.41) is 3.95. The van der Waals surface area contributed by atoms with Crippen LogP contribution in [0.1, 0.15) is 5.56 Å². The molecule has 0 saturated carbocycles. The Balaban J connectivity index is 2.53. The molecule has 1 aliphatic rings. The van der Waals surface area contributed by atoms with Crippen LogP contribution in [0.3, 0.4) is 0 Å². The van der Waals surface area contributed by atoms with Gasteiger partial charge in [0, 0.05) is 22.8 Å². The number of benzene rings is 1. The third-order valence-corrected chi connectivity index (χ3v) is 2.55. The highest BCUT2D eigenvalue weighted by molar-refractivity contribution is 9.09. The smallest absolute Gasteiger partial charge is 0.0923 e. The molecule has 0 atom stereocenters. The molecular weight excluding hydrogens is 228 g/mol. The van der Waals surface area contributed by atoms with E-state index in [9.17, 15) is 0 Å². The van der Waals surface area contributed by atoms with E-state index >= 15 is 0 Å². The number of aliphatic imine (C=N–C) groups is 1. The second-order valence-corrected chi connectivity index (χ2v) is 3.32. The van der Waals surface area contributed by atoms with Crippen molar-refractivity contribution in [1.82, 2.24) is 0 Å². The molecule has 66 valence electrons. The Morgan fingerprint density at radius 1 is 1.31 bits per heavy atom. The third-order valence-electron chi connectivity index (χ3n) is 1.94. The minimum absolute atomic E-state index is 0.822. The van der Waals surface area contributed by atoms with Crippen LogP contribution in [0, 0.1) is 0 Å². The van der Waals surface area contributed by atoms with E-state index in [-0.39, 0.29) is 0 Å². The van der Waals surface area contributed by atoms with Crippen LogP contribution in [0.2, 0.25) is 0 Å². The fourth-order valence-electron chi connectivity index (χ4n) is 1.30. The molecule has 2 rings (SSSR count). The van der Waals surface area contributed by atoms with Crippen molar-refractivity contribution in [3.63, 3.8) is 0 Å². The van der Waals surface area contributed by atoms with Gasteiger partial charge in [0.2, 0.25) is 0 Å². The van der Waals surface area contributed by atoms with Crippen molar-refractivity contribution < 1.29 is 0 Å². The normalized spacial score (nSPS) is 14.1. The molecule has 1 aliphatic heterocycles. The van der Waals surface area contributed by atoms with Crippen LogP contribution in [0.25, 0.3) is 5.57 Å². The second kappa shape index (κ2) is 3.75. The molecule has 0 aliphatic carbocycles. The van der Waals surface area contributed by atoms with Gasteiger partial charge in [0.15, 0.2) is 0 Å². The number of rotatable bonds is 1. The predicted molar refractivity (Wildman–Crippen MR) is 60.3 cm³/mol. The maximum Gasteiger partial charge on any atom is 0.0923 e. The zero-order valence-corrected chi connectivity index (χ0v) is 8.58. The largest absolute Gasteiger partial charge is 0.346 e. The molecule has 1 aromatic carbocycles. The van der Waals surface area contributed by atoms with Gasteiger partial charge in [-0.25, -0.2) is 4.99 Å². The SMILES string of the molecule is BrCC1=CN=CNc2ccccc21. The summed E-state index contributed by atoms with van der Waals surface area (Å²) in [6, 6.07) is 8.17. The van der Waals surface area contributed by atoms with Gasteiger partial charge in [-0.15, -0.1) is 0 Å². The number of anilines is 1. The standard InChI is InChI=1S/C10H9BrN2/c11-5-8-6-12-7-13-10-4-2-1-3-9(8)10/h1-4,6-7H,5H2,(H,12,13). The monoisotopic (exact) mass is 236 g/mol. The first kappa shape index (κ1) is 8.51. The summed E-state index contributed by atoms with van der Waals surface area (Å²) >= 11 is 3.45. The molecule has 0 spiro atoms. The molecule has 3 heteroatoms. The maximum absolute atomic E-state index is 4.11. The topological polar surface area (TPSA) is 24.4 Å².